The third kappa shape index (κ3) is 3.17. The molecular weight excluding hydrogens is 308 g/mol. The van der Waals surface area contributed by atoms with Crippen LogP contribution in [-0.2, 0) is 5.75 Å². The third-order valence-electron chi connectivity index (χ3n) is 2.74. The van der Waals surface area contributed by atoms with E-state index in [1.807, 2.05) is 24.3 Å². The van der Waals surface area contributed by atoms with Crippen molar-refractivity contribution in [3.05, 3.63) is 53.6 Å². The highest BCUT2D eigenvalue weighted by Crippen LogP contribution is 2.29. The fourth-order valence-electron chi connectivity index (χ4n) is 1.72. The van der Waals surface area contributed by atoms with E-state index < -0.39 is 0 Å². The first-order valence-electron chi connectivity index (χ1n) is 6.14. The van der Waals surface area contributed by atoms with Crippen LogP contribution in [0.3, 0.4) is 0 Å². The molecule has 0 aliphatic heterocycles. The number of benzene rings is 1. The van der Waals surface area contributed by atoms with Gasteiger partial charge in [-0.25, -0.2) is 0 Å². The van der Waals surface area contributed by atoms with E-state index >= 15 is 0 Å². The van der Waals surface area contributed by atoms with Crippen LogP contribution in [0.1, 0.15) is 5.82 Å². The topological polar surface area (TPSA) is 77.8 Å². The molecular formula is C14H11ClN4OS. The maximum absolute atomic E-state index is 6.11. The fourth-order valence-corrected chi connectivity index (χ4v) is 2.72. The van der Waals surface area contributed by atoms with Gasteiger partial charge in [0.25, 0.3) is 5.89 Å². The average molecular weight is 319 g/mol. The average Bonchev–Trinajstić information content (AvgIpc) is 2.96. The maximum Gasteiger partial charge on any atom is 0.259 e. The maximum atomic E-state index is 6.11. The van der Waals surface area contributed by atoms with E-state index in [0.29, 0.717) is 28.2 Å². The highest BCUT2D eigenvalue weighted by Gasteiger charge is 2.12. The smallest absolute Gasteiger partial charge is 0.259 e. The molecule has 5 nitrogen and oxygen atoms in total. The molecule has 2 heterocycles. The van der Waals surface area contributed by atoms with Crippen molar-refractivity contribution in [1.82, 2.24) is 15.1 Å². The van der Waals surface area contributed by atoms with Gasteiger partial charge in [-0.2, -0.15) is 4.98 Å². The quantitative estimate of drug-likeness (QED) is 0.740. The standard InChI is InChI=1S/C14H11ClN4OS/c15-10-4-2-1-3-9(10)14-18-13(19-20-14)8-21-12-5-6-17-7-11(12)16/h1-7H,8,16H2. The van der Waals surface area contributed by atoms with Gasteiger partial charge in [-0.1, -0.05) is 28.9 Å². The predicted molar refractivity (Wildman–Crippen MR) is 83.0 cm³/mol. The Morgan fingerprint density at radius 2 is 2.10 bits per heavy atom. The van der Waals surface area contributed by atoms with Gasteiger partial charge in [0.15, 0.2) is 5.82 Å². The van der Waals surface area contributed by atoms with Crippen molar-refractivity contribution in [3.8, 4) is 11.5 Å². The van der Waals surface area contributed by atoms with Gasteiger partial charge in [0.2, 0.25) is 0 Å². The van der Waals surface area contributed by atoms with Crippen LogP contribution in [0, 0.1) is 0 Å². The van der Waals surface area contributed by atoms with E-state index in [0.717, 1.165) is 10.5 Å². The Hall–Kier alpha value is -2.05. The second-order valence-electron chi connectivity index (χ2n) is 4.20. The van der Waals surface area contributed by atoms with Gasteiger partial charge in [-0.3, -0.25) is 4.98 Å². The number of aromatic nitrogens is 3. The second kappa shape index (κ2) is 6.15. The minimum atomic E-state index is 0.416. The van der Waals surface area contributed by atoms with Crippen LogP contribution in [-0.4, -0.2) is 15.1 Å². The first-order chi connectivity index (χ1) is 10.2. The van der Waals surface area contributed by atoms with E-state index in [4.69, 9.17) is 21.9 Å². The number of pyridine rings is 1. The van der Waals surface area contributed by atoms with Crippen molar-refractivity contribution < 1.29 is 4.52 Å². The van der Waals surface area contributed by atoms with E-state index in [1.54, 1.807) is 18.5 Å². The molecule has 0 saturated carbocycles. The number of nitrogens with two attached hydrogens (primary N) is 1. The molecule has 0 amide bonds. The Morgan fingerprint density at radius 1 is 1.24 bits per heavy atom. The van der Waals surface area contributed by atoms with Gasteiger partial charge in [-0.15, -0.1) is 11.8 Å². The van der Waals surface area contributed by atoms with Crippen molar-refractivity contribution in [3.63, 3.8) is 0 Å². The number of nitrogen functional groups attached to an aromatic ring is 1. The molecule has 0 aliphatic carbocycles. The number of rotatable bonds is 4. The summed E-state index contributed by atoms with van der Waals surface area (Å²) in [4.78, 5) is 9.24. The summed E-state index contributed by atoms with van der Waals surface area (Å²) in [5, 5.41) is 4.54. The lowest BCUT2D eigenvalue weighted by Gasteiger charge is -2.01. The first-order valence-corrected chi connectivity index (χ1v) is 7.50. The molecule has 0 saturated heterocycles. The lowest BCUT2D eigenvalue weighted by Crippen LogP contribution is -1.90. The summed E-state index contributed by atoms with van der Waals surface area (Å²) < 4.78 is 5.25. The van der Waals surface area contributed by atoms with Crippen LogP contribution in [0.25, 0.3) is 11.5 Å². The molecule has 2 N–H and O–H groups in total. The summed E-state index contributed by atoms with van der Waals surface area (Å²) >= 11 is 7.64. The van der Waals surface area contributed by atoms with E-state index in [9.17, 15) is 0 Å². The van der Waals surface area contributed by atoms with Crippen LogP contribution in [0.15, 0.2) is 52.1 Å². The Morgan fingerprint density at radius 3 is 2.90 bits per heavy atom. The molecule has 0 fully saturated rings. The number of anilines is 1. The number of hydrogen-bond acceptors (Lipinski definition) is 6. The molecule has 21 heavy (non-hydrogen) atoms. The molecule has 3 aromatic rings. The first kappa shape index (κ1) is 13.9. The van der Waals surface area contributed by atoms with Gasteiger partial charge in [0.1, 0.15) is 0 Å². The number of halogens is 1. The van der Waals surface area contributed by atoms with Crippen molar-refractivity contribution in [2.24, 2.45) is 0 Å². The molecule has 0 unspecified atom stereocenters. The van der Waals surface area contributed by atoms with Crippen molar-refractivity contribution >= 4 is 29.1 Å². The SMILES string of the molecule is Nc1cnccc1SCc1noc(-c2ccccc2Cl)n1. The van der Waals surface area contributed by atoms with Crippen LogP contribution in [0.2, 0.25) is 5.02 Å². The summed E-state index contributed by atoms with van der Waals surface area (Å²) in [5.41, 5.74) is 7.20. The Bertz CT molecular complexity index is 762. The predicted octanol–water partition coefficient (Wildman–Crippen LogP) is 3.66. The van der Waals surface area contributed by atoms with Crippen LogP contribution >= 0.6 is 23.4 Å². The lowest BCUT2D eigenvalue weighted by atomic mass is 10.2. The molecule has 0 atom stereocenters. The number of hydrogen-bond donors (Lipinski definition) is 1. The molecule has 0 aliphatic rings. The van der Waals surface area contributed by atoms with Crippen LogP contribution < -0.4 is 5.73 Å². The van der Waals surface area contributed by atoms with Crippen molar-refractivity contribution in [2.45, 2.75) is 10.6 Å². The molecule has 0 radical (unpaired) electrons. The minimum Gasteiger partial charge on any atom is -0.397 e. The third-order valence-corrected chi connectivity index (χ3v) is 4.15. The van der Waals surface area contributed by atoms with Crippen molar-refractivity contribution in [2.75, 3.05) is 5.73 Å². The van der Waals surface area contributed by atoms with Crippen LogP contribution in [0.5, 0.6) is 0 Å². The molecule has 2 aromatic heterocycles. The summed E-state index contributed by atoms with van der Waals surface area (Å²) in [5.74, 6) is 1.56. The number of thioether (sulfide) groups is 1. The highest BCUT2D eigenvalue weighted by molar-refractivity contribution is 7.98. The van der Waals surface area contributed by atoms with Gasteiger partial charge >= 0.3 is 0 Å². The normalized spacial score (nSPS) is 10.7. The molecule has 0 spiro atoms. The van der Waals surface area contributed by atoms with Gasteiger partial charge in [0, 0.05) is 11.1 Å². The van der Waals surface area contributed by atoms with Gasteiger partial charge in [0.05, 0.1) is 28.2 Å². The zero-order valence-electron chi connectivity index (χ0n) is 10.9. The molecule has 106 valence electrons. The van der Waals surface area contributed by atoms with Gasteiger partial charge in [-0.05, 0) is 18.2 Å². The summed E-state index contributed by atoms with van der Waals surface area (Å²) in [6, 6.07) is 9.21. The molecule has 3 rings (SSSR count). The Balaban J connectivity index is 1.74. The van der Waals surface area contributed by atoms with Crippen molar-refractivity contribution in [1.29, 1.82) is 0 Å². The van der Waals surface area contributed by atoms with Crippen LogP contribution in [0.4, 0.5) is 5.69 Å². The lowest BCUT2D eigenvalue weighted by molar-refractivity contribution is 0.425. The largest absolute Gasteiger partial charge is 0.397 e. The highest BCUT2D eigenvalue weighted by atomic mass is 35.5. The molecule has 7 heteroatoms. The zero-order chi connectivity index (χ0) is 14.7. The summed E-state index contributed by atoms with van der Waals surface area (Å²) in [6.45, 7) is 0. The number of nitrogens with zero attached hydrogens (tertiary/aromatic N) is 3. The Kier molecular flexibility index (Phi) is 4.08. The van der Waals surface area contributed by atoms with E-state index in [2.05, 4.69) is 15.1 Å². The fraction of sp³-hybridized carbons (Fsp3) is 0.0714. The summed E-state index contributed by atoms with van der Waals surface area (Å²) in [6.07, 6.45) is 3.32. The van der Waals surface area contributed by atoms with E-state index in [1.165, 1.54) is 11.8 Å². The second-order valence-corrected chi connectivity index (χ2v) is 5.62. The molecule has 0 bridgehead atoms. The van der Waals surface area contributed by atoms with Gasteiger partial charge < -0.3 is 10.3 Å². The van der Waals surface area contributed by atoms with E-state index in [-0.39, 0.29) is 0 Å². The summed E-state index contributed by atoms with van der Waals surface area (Å²) in [7, 11) is 0. The Labute approximate surface area is 130 Å². The zero-order valence-corrected chi connectivity index (χ0v) is 12.4. The minimum absolute atomic E-state index is 0.416. The monoisotopic (exact) mass is 318 g/mol. The molecule has 1 aromatic carbocycles.